The number of nitrogens with zero attached hydrogens (tertiary/aromatic N) is 1. The summed E-state index contributed by atoms with van der Waals surface area (Å²) < 4.78 is 22.2. The second-order valence-electron chi connectivity index (χ2n) is 3.02. The zero-order chi connectivity index (χ0) is 8.48. The Hall–Kier alpha value is -0.130. The third kappa shape index (κ3) is 2.15. The van der Waals surface area contributed by atoms with E-state index in [9.17, 15) is 8.42 Å². The predicted molar refractivity (Wildman–Crippen MR) is 43.4 cm³/mol. The standard InChI is InChI=1S/C6H14N2O2S/c1-11(9,10)6-4-2-3-5-8(6)7/h6H,2-5,7H2,1H3. The first-order chi connectivity index (χ1) is 5.02. The number of sulfone groups is 1. The van der Waals surface area contributed by atoms with Crippen molar-refractivity contribution in [2.75, 3.05) is 12.8 Å². The number of piperidine rings is 1. The van der Waals surface area contributed by atoms with Crippen LogP contribution in [0.15, 0.2) is 0 Å². The Labute approximate surface area is 67.3 Å². The quantitative estimate of drug-likeness (QED) is 0.561. The maximum absolute atomic E-state index is 11.1. The third-order valence-electron chi connectivity index (χ3n) is 1.98. The Balaban J connectivity index is 2.70. The summed E-state index contributed by atoms with van der Waals surface area (Å²) in [7, 11) is -2.97. The molecule has 0 amide bonds. The topological polar surface area (TPSA) is 63.4 Å². The van der Waals surface area contributed by atoms with Gasteiger partial charge in [0.1, 0.15) is 5.37 Å². The van der Waals surface area contributed by atoms with Gasteiger partial charge in [0.2, 0.25) is 0 Å². The lowest BCUT2D eigenvalue weighted by Crippen LogP contribution is -2.48. The van der Waals surface area contributed by atoms with Crippen molar-refractivity contribution in [3.8, 4) is 0 Å². The highest BCUT2D eigenvalue weighted by Crippen LogP contribution is 2.17. The molecule has 0 saturated carbocycles. The second kappa shape index (κ2) is 3.08. The Morgan fingerprint density at radius 3 is 2.45 bits per heavy atom. The highest BCUT2D eigenvalue weighted by Gasteiger charge is 2.27. The maximum atomic E-state index is 11.1. The first-order valence-electron chi connectivity index (χ1n) is 3.72. The van der Waals surface area contributed by atoms with E-state index < -0.39 is 15.2 Å². The van der Waals surface area contributed by atoms with Gasteiger partial charge in [0.25, 0.3) is 0 Å². The Morgan fingerprint density at radius 2 is 2.09 bits per heavy atom. The molecule has 0 aromatic rings. The largest absolute Gasteiger partial charge is 0.268 e. The van der Waals surface area contributed by atoms with Gasteiger partial charge in [0.05, 0.1) is 0 Å². The van der Waals surface area contributed by atoms with Crippen molar-refractivity contribution < 1.29 is 8.42 Å². The third-order valence-corrected chi connectivity index (χ3v) is 3.48. The summed E-state index contributed by atoms with van der Waals surface area (Å²) in [4.78, 5) is 0. The molecular formula is C6H14N2O2S. The Morgan fingerprint density at radius 1 is 1.45 bits per heavy atom. The van der Waals surface area contributed by atoms with Gasteiger partial charge in [0, 0.05) is 12.8 Å². The van der Waals surface area contributed by atoms with Gasteiger partial charge in [-0.3, -0.25) is 5.84 Å². The van der Waals surface area contributed by atoms with E-state index >= 15 is 0 Å². The average molecular weight is 178 g/mol. The lowest BCUT2D eigenvalue weighted by molar-refractivity contribution is 0.203. The first kappa shape index (κ1) is 8.96. The maximum Gasteiger partial charge on any atom is 0.164 e. The molecule has 1 saturated heterocycles. The summed E-state index contributed by atoms with van der Waals surface area (Å²) in [5.74, 6) is 5.52. The second-order valence-corrected chi connectivity index (χ2v) is 5.22. The summed E-state index contributed by atoms with van der Waals surface area (Å²) in [5, 5.41) is 0.981. The Kier molecular flexibility index (Phi) is 2.51. The zero-order valence-corrected chi connectivity index (χ0v) is 7.47. The van der Waals surface area contributed by atoms with Crippen molar-refractivity contribution in [3.63, 3.8) is 0 Å². The molecule has 11 heavy (non-hydrogen) atoms. The first-order valence-corrected chi connectivity index (χ1v) is 5.67. The fourth-order valence-electron chi connectivity index (χ4n) is 1.38. The minimum Gasteiger partial charge on any atom is -0.268 e. The van der Waals surface area contributed by atoms with Crippen molar-refractivity contribution in [2.45, 2.75) is 24.6 Å². The van der Waals surface area contributed by atoms with Crippen LogP contribution in [-0.4, -0.2) is 31.6 Å². The van der Waals surface area contributed by atoms with Crippen LogP contribution in [0, 0.1) is 0 Å². The average Bonchev–Trinajstić information content (AvgIpc) is 1.86. The van der Waals surface area contributed by atoms with Gasteiger partial charge < -0.3 is 0 Å². The normalized spacial score (nSPS) is 28.7. The van der Waals surface area contributed by atoms with Crippen LogP contribution < -0.4 is 5.84 Å². The minimum atomic E-state index is -2.97. The molecule has 1 heterocycles. The molecule has 1 atom stereocenters. The molecule has 0 aromatic heterocycles. The summed E-state index contributed by atoms with van der Waals surface area (Å²) in [6.45, 7) is 0.692. The van der Waals surface area contributed by atoms with Gasteiger partial charge >= 0.3 is 0 Å². The van der Waals surface area contributed by atoms with E-state index in [1.807, 2.05) is 0 Å². The highest BCUT2D eigenvalue weighted by molar-refractivity contribution is 7.91. The van der Waals surface area contributed by atoms with E-state index in [2.05, 4.69) is 0 Å². The van der Waals surface area contributed by atoms with Gasteiger partial charge in [-0.1, -0.05) is 0 Å². The van der Waals surface area contributed by atoms with Crippen LogP contribution in [0.5, 0.6) is 0 Å². The monoisotopic (exact) mass is 178 g/mol. The number of rotatable bonds is 1. The molecule has 0 bridgehead atoms. The van der Waals surface area contributed by atoms with Gasteiger partial charge in [-0.2, -0.15) is 0 Å². The number of hydrogen-bond donors (Lipinski definition) is 1. The van der Waals surface area contributed by atoms with E-state index in [0.717, 1.165) is 12.8 Å². The molecule has 1 aliphatic heterocycles. The van der Waals surface area contributed by atoms with E-state index in [1.165, 1.54) is 11.3 Å². The van der Waals surface area contributed by atoms with Crippen molar-refractivity contribution in [3.05, 3.63) is 0 Å². The molecule has 4 nitrogen and oxygen atoms in total. The number of hydrogen-bond acceptors (Lipinski definition) is 4. The fourth-order valence-corrected chi connectivity index (χ4v) is 2.58. The van der Waals surface area contributed by atoms with Gasteiger partial charge in [0.15, 0.2) is 9.84 Å². The van der Waals surface area contributed by atoms with Crippen LogP contribution in [0.2, 0.25) is 0 Å². The van der Waals surface area contributed by atoms with E-state index in [-0.39, 0.29) is 0 Å². The fraction of sp³-hybridized carbons (Fsp3) is 1.00. The van der Waals surface area contributed by atoms with E-state index in [0.29, 0.717) is 13.0 Å². The molecule has 66 valence electrons. The molecule has 5 heteroatoms. The summed E-state index contributed by atoms with van der Waals surface area (Å²) in [5.41, 5.74) is 0. The van der Waals surface area contributed by atoms with Gasteiger partial charge in [-0.15, -0.1) is 0 Å². The highest BCUT2D eigenvalue weighted by atomic mass is 32.2. The molecule has 0 aromatic carbocycles. The van der Waals surface area contributed by atoms with Crippen molar-refractivity contribution >= 4 is 9.84 Å². The summed E-state index contributed by atoms with van der Waals surface area (Å²) >= 11 is 0. The van der Waals surface area contributed by atoms with Crippen LogP contribution in [-0.2, 0) is 9.84 Å². The van der Waals surface area contributed by atoms with Crippen LogP contribution in [0.25, 0.3) is 0 Å². The van der Waals surface area contributed by atoms with E-state index in [1.54, 1.807) is 0 Å². The van der Waals surface area contributed by atoms with Crippen molar-refractivity contribution in [2.24, 2.45) is 5.84 Å². The Bertz CT molecular complexity index is 225. The molecule has 0 spiro atoms. The number of hydrazine groups is 1. The molecule has 1 aliphatic rings. The zero-order valence-electron chi connectivity index (χ0n) is 6.66. The summed E-state index contributed by atoms with van der Waals surface area (Å²) in [6.07, 6.45) is 3.88. The van der Waals surface area contributed by atoms with Crippen LogP contribution >= 0.6 is 0 Å². The minimum absolute atomic E-state index is 0.448. The molecular weight excluding hydrogens is 164 g/mol. The van der Waals surface area contributed by atoms with Crippen LogP contribution in [0.1, 0.15) is 19.3 Å². The lowest BCUT2D eigenvalue weighted by atomic mass is 10.2. The van der Waals surface area contributed by atoms with Crippen LogP contribution in [0.4, 0.5) is 0 Å². The van der Waals surface area contributed by atoms with Crippen LogP contribution in [0.3, 0.4) is 0 Å². The number of nitrogens with two attached hydrogens (primary N) is 1. The predicted octanol–water partition coefficient (Wildman–Crippen LogP) is -0.283. The molecule has 0 aliphatic carbocycles. The molecule has 1 rings (SSSR count). The van der Waals surface area contributed by atoms with Gasteiger partial charge in [-0.05, 0) is 19.3 Å². The lowest BCUT2D eigenvalue weighted by Gasteiger charge is -2.29. The van der Waals surface area contributed by atoms with E-state index in [4.69, 9.17) is 5.84 Å². The van der Waals surface area contributed by atoms with Crippen molar-refractivity contribution in [1.82, 2.24) is 5.01 Å². The summed E-state index contributed by atoms with van der Waals surface area (Å²) in [6, 6.07) is 0. The molecule has 2 N–H and O–H groups in total. The SMILES string of the molecule is CS(=O)(=O)C1CCCCN1N. The van der Waals surface area contributed by atoms with Crippen molar-refractivity contribution in [1.29, 1.82) is 0 Å². The van der Waals surface area contributed by atoms with Gasteiger partial charge in [-0.25, -0.2) is 13.4 Å². The molecule has 1 fully saturated rings. The molecule has 1 unspecified atom stereocenters. The molecule has 0 radical (unpaired) electrons. The smallest absolute Gasteiger partial charge is 0.164 e.